The first-order chi connectivity index (χ1) is 9.46. The number of para-hydroxylation sites is 1. The minimum absolute atomic E-state index is 0.431. The maximum atomic E-state index is 11.9. The zero-order valence-electron chi connectivity index (χ0n) is 10.3. The maximum Gasteiger partial charge on any atom is 0.255 e. The lowest BCUT2D eigenvalue weighted by atomic mass is 10.2. The van der Waals surface area contributed by atoms with E-state index in [-0.39, 0.29) is 0 Å². The van der Waals surface area contributed by atoms with E-state index in [0.717, 1.165) is 5.41 Å². The van der Waals surface area contributed by atoms with Crippen LogP contribution in [0.4, 0.5) is 5.69 Å². The molecular weight excluding hydrogens is 317 g/mol. The van der Waals surface area contributed by atoms with Crippen LogP contribution in [0.25, 0.3) is 6.08 Å². The molecular formula is C14H11Cl2NO2S. The summed E-state index contributed by atoms with van der Waals surface area (Å²) in [4.78, 5) is 0. The second-order valence-electron chi connectivity index (χ2n) is 3.98. The molecule has 2 aromatic rings. The van der Waals surface area contributed by atoms with Crippen LogP contribution in [-0.4, -0.2) is 8.42 Å². The Morgan fingerprint density at radius 1 is 1.00 bits per heavy atom. The van der Waals surface area contributed by atoms with Gasteiger partial charge in [-0.15, -0.1) is 0 Å². The Bertz CT molecular complexity index is 728. The summed E-state index contributed by atoms with van der Waals surface area (Å²) in [7, 11) is -3.59. The van der Waals surface area contributed by atoms with Gasteiger partial charge in [0.1, 0.15) is 0 Å². The SMILES string of the molecule is O=S(=O)(/C=C/c1cc(Cl)ccc1Cl)Nc1ccccc1. The van der Waals surface area contributed by atoms with Crippen LogP contribution < -0.4 is 4.72 Å². The summed E-state index contributed by atoms with van der Waals surface area (Å²) in [6, 6.07) is 13.5. The molecule has 0 heterocycles. The molecule has 0 fully saturated rings. The van der Waals surface area contributed by atoms with Gasteiger partial charge in [0.25, 0.3) is 10.0 Å². The van der Waals surface area contributed by atoms with Crippen LogP contribution in [0.1, 0.15) is 5.56 Å². The van der Waals surface area contributed by atoms with Gasteiger partial charge < -0.3 is 0 Å². The first kappa shape index (κ1) is 14.9. The van der Waals surface area contributed by atoms with Crippen LogP contribution >= 0.6 is 23.2 Å². The average molecular weight is 328 g/mol. The van der Waals surface area contributed by atoms with Gasteiger partial charge >= 0.3 is 0 Å². The number of hydrogen-bond donors (Lipinski definition) is 1. The Kier molecular flexibility index (Phi) is 4.70. The summed E-state index contributed by atoms with van der Waals surface area (Å²) < 4.78 is 26.2. The van der Waals surface area contributed by atoms with Crippen molar-refractivity contribution >= 4 is 45.0 Å². The minimum atomic E-state index is -3.59. The Balaban J connectivity index is 2.19. The lowest BCUT2D eigenvalue weighted by Gasteiger charge is -2.04. The van der Waals surface area contributed by atoms with Crippen molar-refractivity contribution in [3.8, 4) is 0 Å². The largest absolute Gasteiger partial charge is 0.280 e. The Labute approximate surface area is 127 Å². The molecule has 0 saturated heterocycles. The molecule has 0 amide bonds. The quantitative estimate of drug-likeness (QED) is 0.904. The number of sulfonamides is 1. The number of anilines is 1. The molecule has 104 valence electrons. The standard InChI is InChI=1S/C14H11Cl2NO2S/c15-12-6-7-14(16)11(10-12)8-9-20(18,19)17-13-4-2-1-3-5-13/h1-10,17H/b9-8+. The number of halogens is 2. The molecule has 0 aliphatic carbocycles. The fraction of sp³-hybridized carbons (Fsp3) is 0. The number of nitrogens with one attached hydrogen (secondary N) is 1. The molecule has 6 heteroatoms. The van der Waals surface area contributed by atoms with Crippen molar-refractivity contribution in [2.75, 3.05) is 4.72 Å². The van der Waals surface area contributed by atoms with Gasteiger partial charge in [-0.25, -0.2) is 8.42 Å². The third-order valence-electron chi connectivity index (χ3n) is 2.42. The summed E-state index contributed by atoms with van der Waals surface area (Å²) >= 11 is 11.8. The molecule has 0 aromatic heterocycles. The molecule has 1 N–H and O–H groups in total. The molecule has 0 spiro atoms. The van der Waals surface area contributed by atoms with E-state index in [0.29, 0.717) is 21.3 Å². The van der Waals surface area contributed by atoms with E-state index in [1.165, 1.54) is 6.08 Å². The van der Waals surface area contributed by atoms with Crippen molar-refractivity contribution in [2.45, 2.75) is 0 Å². The van der Waals surface area contributed by atoms with Crippen molar-refractivity contribution in [1.29, 1.82) is 0 Å². The van der Waals surface area contributed by atoms with Crippen molar-refractivity contribution in [3.63, 3.8) is 0 Å². The summed E-state index contributed by atoms with van der Waals surface area (Å²) in [6.07, 6.45) is 1.40. The van der Waals surface area contributed by atoms with Crippen molar-refractivity contribution in [1.82, 2.24) is 0 Å². The number of rotatable bonds is 4. The molecule has 0 radical (unpaired) electrons. The van der Waals surface area contributed by atoms with Gasteiger partial charge in [0.15, 0.2) is 0 Å². The first-order valence-electron chi connectivity index (χ1n) is 5.67. The molecule has 0 unspecified atom stereocenters. The van der Waals surface area contributed by atoms with Crippen molar-refractivity contribution in [2.24, 2.45) is 0 Å². The second-order valence-corrected chi connectivity index (χ2v) is 6.39. The predicted molar refractivity (Wildman–Crippen MR) is 84.5 cm³/mol. The summed E-state index contributed by atoms with van der Waals surface area (Å²) in [5.41, 5.74) is 1.03. The Hall–Kier alpha value is -1.49. The van der Waals surface area contributed by atoms with Gasteiger partial charge in [-0.1, -0.05) is 41.4 Å². The van der Waals surface area contributed by atoms with E-state index < -0.39 is 10.0 Å². The van der Waals surface area contributed by atoms with E-state index in [2.05, 4.69) is 4.72 Å². The van der Waals surface area contributed by atoms with Crippen molar-refractivity contribution < 1.29 is 8.42 Å². The zero-order valence-corrected chi connectivity index (χ0v) is 12.6. The van der Waals surface area contributed by atoms with Gasteiger partial charge in [0.2, 0.25) is 0 Å². The van der Waals surface area contributed by atoms with Gasteiger partial charge in [-0.2, -0.15) is 0 Å². The lowest BCUT2D eigenvalue weighted by Crippen LogP contribution is -2.08. The highest BCUT2D eigenvalue weighted by Crippen LogP contribution is 2.22. The molecule has 3 nitrogen and oxygen atoms in total. The third-order valence-corrected chi connectivity index (χ3v) is 4.01. The van der Waals surface area contributed by atoms with E-state index in [4.69, 9.17) is 23.2 Å². The molecule has 0 aliphatic heterocycles. The van der Waals surface area contributed by atoms with Crippen molar-refractivity contribution in [3.05, 3.63) is 69.5 Å². The molecule has 2 aromatic carbocycles. The number of hydrogen-bond acceptors (Lipinski definition) is 2. The fourth-order valence-corrected chi connectivity index (χ4v) is 2.73. The molecule has 0 aliphatic rings. The molecule has 2 rings (SSSR count). The highest BCUT2D eigenvalue weighted by molar-refractivity contribution is 7.95. The van der Waals surface area contributed by atoms with Gasteiger partial charge in [-0.3, -0.25) is 4.72 Å². The van der Waals surface area contributed by atoms with E-state index in [1.54, 1.807) is 48.5 Å². The van der Waals surface area contributed by atoms with Crippen LogP contribution in [0.2, 0.25) is 10.0 Å². The molecule has 0 saturated carbocycles. The topological polar surface area (TPSA) is 46.2 Å². The van der Waals surface area contributed by atoms with E-state index in [9.17, 15) is 8.42 Å². The third kappa shape index (κ3) is 4.27. The summed E-state index contributed by atoms with van der Waals surface area (Å²) in [5, 5.41) is 1.97. The second kappa shape index (κ2) is 6.31. The Morgan fingerprint density at radius 2 is 1.70 bits per heavy atom. The zero-order chi connectivity index (χ0) is 14.6. The Morgan fingerprint density at radius 3 is 2.40 bits per heavy atom. The van der Waals surface area contributed by atoms with Crippen LogP contribution in [0, 0.1) is 0 Å². The van der Waals surface area contributed by atoms with Crippen LogP contribution in [-0.2, 0) is 10.0 Å². The molecule has 0 bridgehead atoms. The van der Waals surface area contributed by atoms with Crippen LogP contribution in [0.3, 0.4) is 0 Å². The normalized spacial score (nSPS) is 11.7. The minimum Gasteiger partial charge on any atom is -0.280 e. The highest BCUT2D eigenvalue weighted by Gasteiger charge is 2.06. The van der Waals surface area contributed by atoms with E-state index in [1.807, 2.05) is 0 Å². The number of benzene rings is 2. The predicted octanol–water partition coefficient (Wildman–Crippen LogP) is 4.41. The average Bonchev–Trinajstić information content (AvgIpc) is 2.40. The van der Waals surface area contributed by atoms with Gasteiger partial charge in [0.05, 0.1) is 5.41 Å². The molecule has 0 atom stereocenters. The maximum absolute atomic E-state index is 11.9. The smallest absolute Gasteiger partial charge is 0.255 e. The first-order valence-corrected chi connectivity index (χ1v) is 7.97. The lowest BCUT2D eigenvalue weighted by molar-refractivity contribution is 0.609. The van der Waals surface area contributed by atoms with Crippen LogP contribution in [0.5, 0.6) is 0 Å². The van der Waals surface area contributed by atoms with Crippen LogP contribution in [0.15, 0.2) is 53.9 Å². The highest BCUT2D eigenvalue weighted by atomic mass is 35.5. The van der Waals surface area contributed by atoms with Gasteiger partial charge in [-0.05, 0) is 42.0 Å². The van der Waals surface area contributed by atoms with Gasteiger partial charge in [0, 0.05) is 15.7 Å². The van der Waals surface area contributed by atoms with E-state index >= 15 is 0 Å². The monoisotopic (exact) mass is 327 g/mol. The summed E-state index contributed by atoms with van der Waals surface area (Å²) in [6.45, 7) is 0. The fourth-order valence-electron chi connectivity index (χ4n) is 1.51. The molecule has 20 heavy (non-hydrogen) atoms. The summed E-state index contributed by atoms with van der Waals surface area (Å²) in [5.74, 6) is 0.